The molecule has 0 aliphatic carbocycles. The maximum Gasteiger partial charge on any atom is 2.00 e. The van der Waals surface area contributed by atoms with Crippen molar-refractivity contribution in [2.45, 2.75) is 0 Å². The van der Waals surface area contributed by atoms with Crippen LogP contribution in [0.25, 0.3) is 55.9 Å². The van der Waals surface area contributed by atoms with E-state index in [0.717, 1.165) is 55.9 Å². The number of pyridine rings is 2. The van der Waals surface area contributed by atoms with E-state index in [2.05, 4.69) is 71.7 Å². The van der Waals surface area contributed by atoms with Crippen molar-refractivity contribution in [2.75, 3.05) is 0 Å². The van der Waals surface area contributed by atoms with Crippen LogP contribution in [0.2, 0.25) is 0 Å². The molecule has 44 heavy (non-hydrogen) atoms. The molecule has 0 saturated heterocycles. The molecule has 0 unspecified atom stereocenters. The van der Waals surface area contributed by atoms with E-state index in [1.165, 1.54) is 0 Å². The van der Waals surface area contributed by atoms with Crippen molar-refractivity contribution < 1.29 is 25.8 Å². The van der Waals surface area contributed by atoms with Gasteiger partial charge in [-0.1, -0.05) is 127 Å². The second-order valence-electron chi connectivity index (χ2n) is 10.1. The average molecular weight is 746 g/mol. The van der Waals surface area contributed by atoms with E-state index in [1.807, 2.05) is 103 Å². The van der Waals surface area contributed by atoms with Crippen LogP contribution in [0.1, 0.15) is 0 Å². The van der Waals surface area contributed by atoms with E-state index < -0.39 is 0 Å². The van der Waals surface area contributed by atoms with Gasteiger partial charge < -0.3 is 14.7 Å². The molecular formula is C40H26N2OPt. The fraction of sp³-hybridized carbons (Fsp3) is 0. The van der Waals surface area contributed by atoms with Gasteiger partial charge in [0.2, 0.25) is 0 Å². The minimum absolute atomic E-state index is 0. The summed E-state index contributed by atoms with van der Waals surface area (Å²) in [5, 5.41) is 0. The molecule has 5 aromatic carbocycles. The molecule has 4 heteroatoms. The van der Waals surface area contributed by atoms with E-state index in [-0.39, 0.29) is 21.1 Å². The molecule has 0 saturated carbocycles. The van der Waals surface area contributed by atoms with E-state index in [0.29, 0.717) is 11.5 Å². The number of hydrogen-bond donors (Lipinski definition) is 0. The Morgan fingerprint density at radius 3 is 1.45 bits per heavy atom. The maximum absolute atomic E-state index is 6.43. The van der Waals surface area contributed by atoms with E-state index in [1.54, 1.807) is 0 Å². The summed E-state index contributed by atoms with van der Waals surface area (Å²) in [6, 6.07) is 56.0. The molecule has 2 aromatic heterocycles. The second-order valence-corrected chi connectivity index (χ2v) is 10.1. The van der Waals surface area contributed by atoms with E-state index >= 15 is 0 Å². The van der Waals surface area contributed by atoms with Crippen LogP contribution >= 0.6 is 0 Å². The van der Waals surface area contributed by atoms with E-state index in [4.69, 9.17) is 9.72 Å². The summed E-state index contributed by atoms with van der Waals surface area (Å²) < 4.78 is 6.43. The first kappa shape index (κ1) is 29.0. The zero-order valence-electron chi connectivity index (χ0n) is 23.6. The summed E-state index contributed by atoms with van der Waals surface area (Å²) in [6.07, 6.45) is 3.67. The molecule has 7 rings (SSSR count). The Bertz CT molecular complexity index is 1990. The van der Waals surface area contributed by atoms with Gasteiger partial charge in [0.25, 0.3) is 0 Å². The average Bonchev–Trinajstić information content (AvgIpc) is 3.09. The van der Waals surface area contributed by atoms with E-state index in [9.17, 15) is 0 Å². The van der Waals surface area contributed by atoms with Gasteiger partial charge in [-0.05, 0) is 51.3 Å². The Kier molecular flexibility index (Phi) is 8.87. The molecular weight excluding hydrogens is 720 g/mol. The van der Waals surface area contributed by atoms with Gasteiger partial charge in [-0.3, -0.25) is 0 Å². The monoisotopic (exact) mass is 745 g/mol. The minimum Gasteiger partial charge on any atom is -0.497 e. The summed E-state index contributed by atoms with van der Waals surface area (Å²) in [5.41, 5.74) is 9.93. The van der Waals surface area contributed by atoms with Gasteiger partial charge in [-0.15, -0.1) is 35.4 Å². The molecule has 0 aliphatic heterocycles. The quantitative estimate of drug-likeness (QED) is 0.153. The topological polar surface area (TPSA) is 35.0 Å². The predicted octanol–water partition coefficient (Wildman–Crippen LogP) is 10.2. The summed E-state index contributed by atoms with van der Waals surface area (Å²) in [4.78, 5) is 9.32. The summed E-state index contributed by atoms with van der Waals surface area (Å²) in [6.45, 7) is 0. The number of hydrogen-bond acceptors (Lipinski definition) is 3. The molecule has 0 radical (unpaired) electrons. The third-order valence-corrected chi connectivity index (χ3v) is 7.23. The standard InChI is InChI=1S/C40H26N2O.Pt/c1-4-11-29(12-5-1)32-19-21-41-39(27-32)34-17-10-18-37(24-34)43-38-25-35(31-15-8-3-9-16-31)23-36(26-38)40-28-33(20-22-42-40)30-13-6-2-7-14-30;/h1-23,25,27-28H;/q-2;+2. The molecule has 0 fully saturated rings. The second kappa shape index (κ2) is 13.5. The molecule has 2 heterocycles. The van der Waals surface area contributed by atoms with Crippen LogP contribution in [0.5, 0.6) is 11.5 Å². The molecule has 0 bridgehead atoms. The summed E-state index contributed by atoms with van der Waals surface area (Å²) in [5.74, 6) is 1.17. The number of benzene rings is 5. The van der Waals surface area contributed by atoms with Gasteiger partial charge in [0.05, 0.1) is 0 Å². The van der Waals surface area contributed by atoms with Crippen LogP contribution in [0.15, 0.2) is 158 Å². The fourth-order valence-corrected chi connectivity index (χ4v) is 5.08. The van der Waals surface area contributed by atoms with Crippen molar-refractivity contribution in [1.29, 1.82) is 0 Å². The van der Waals surface area contributed by atoms with Crippen LogP contribution in [0.4, 0.5) is 0 Å². The minimum atomic E-state index is 0. The third kappa shape index (κ3) is 6.59. The van der Waals surface area contributed by atoms with Gasteiger partial charge in [-0.2, -0.15) is 0 Å². The van der Waals surface area contributed by atoms with Gasteiger partial charge in [0, 0.05) is 23.9 Å². The zero-order valence-corrected chi connectivity index (χ0v) is 25.9. The molecule has 0 atom stereocenters. The van der Waals surface area contributed by atoms with Crippen molar-refractivity contribution in [3.05, 3.63) is 170 Å². The van der Waals surface area contributed by atoms with Crippen molar-refractivity contribution in [3.8, 4) is 67.4 Å². The van der Waals surface area contributed by atoms with Gasteiger partial charge in [0.15, 0.2) is 0 Å². The van der Waals surface area contributed by atoms with Crippen molar-refractivity contribution in [3.63, 3.8) is 0 Å². The van der Waals surface area contributed by atoms with Crippen molar-refractivity contribution in [1.82, 2.24) is 9.97 Å². The Labute approximate surface area is 272 Å². The van der Waals surface area contributed by atoms with Crippen LogP contribution in [0, 0.1) is 12.1 Å². The van der Waals surface area contributed by atoms with Crippen molar-refractivity contribution >= 4 is 0 Å². The van der Waals surface area contributed by atoms with Crippen LogP contribution in [0.3, 0.4) is 0 Å². The SMILES string of the molecule is [Pt+2].[c-]1c(Oc2[c-]c(-c3cc(-c4ccccc4)ccn3)cc(-c3ccccc3)c2)cccc1-c1cc(-c2ccccc2)ccn1. The normalized spacial score (nSPS) is 10.5. The van der Waals surface area contributed by atoms with Crippen LogP contribution < -0.4 is 4.74 Å². The first-order valence-corrected chi connectivity index (χ1v) is 14.2. The first-order chi connectivity index (χ1) is 21.3. The number of ether oxygens (including phenoxy) is 1. The van der Waals surface area contributed by atoms with Gasteiger partial charge >= 0.3 is 21.1 Å². The van der Waals surface area contributed by atoms with Crippen LogP contribution in [-0.4, -0.2) is 9.97 Å². The molecule has 0 amide bonds. The smallest absolute Gasteiger partial charge is 0.497 e. The Morgan fingerprint density at radius 1 is 0.386 bits per heavy atom. The maximum atomic E-state index is 6.43. The largest absolute Gasteiger partial charge is 2.00 e. The summed E-state index contributed by atoms with van der Waals surface area (Å²) >= 11 is 0. The van der Waals surface area contributed by atoms with Crippen LogP contribution in [-0.2, 0) is 21.1 Å². The van der Waals surface area contributed by atoms with Crippen molar-refractivity contribution in [2.24, 2.45) is 0 Å². The van der Waals surface area contributed by atoms with Gasteiger partial charge in [0.1, 0.15) is 0 Å². The number of nitrogens with zero attached hydrogens (tertiary/aromatic N) is 2. The molecule has 212 valence electrons. The zero-order chi connectivity index (χ0) is 28.8. The summed E-state index contributed by atoms with van der Waals surface area (Å²) in [7, 11) is 0. The first-order valence-electron chi connectivity index (χ1n) is 14.2. The molecule has 0 N–H and O–H groups in total. The fourth-order valence-electron chi connectivity index (χ4n) is 5.08. The Morgan fingerprint density at radius 2 is 0.886 bits per heavy atom. The molecule has 3 nitrogen and oxygen atoms in total. The predicted molar refractivity (Wildman–Crippen MR) is 173 cm³/mol. The number of rotatable bonds is 7. The Balaban J connectivity index is 0.00000343. The molecule has 7 aromatic rings. The molecule has 0 aliphatic rings. The third-order valence-electron chi connectivity index (χ3n) is 7.23. The number of aromatic nitrogens is 2. The Hall–Kier alpha value is -5.11. The molecule has 0 spiro atoms. The van der Waals surface area contributed by atoms with Gasteiger partial charge in [-0.25, -0.2) is 0 Å².